The molecule has 1 aromatic carbocycles. The molecular formula is C15H25N3O. The first-order valence-electron chi connectivity index (χ1n) is 6.65. The van der Waals surface area contributed by atoms with Crippen LogP contribution in [0.2, 0.25) is 0 Å². The highest BCUT2D eigenvalue weighted by Gasteiger charge is 2.22. The molecule has 0 bridgehead atoms. The number of hydrogen-bond acceptors (Lipinski definition) is 3. The SMILES string of the molecule is Cc1cc(C)cc(NCCCC(C)(C)C(N)=NO)c1. The fraction of sp³-hybridized carbons (Fsp3) is 0.533. The number of aryl methyl sites for hydroxylation is 2. The van der Waals surface area contributed by atoms with Crippen LogP contribution in [-0.4, -0.2) is 17.6 Å². The van der Waals surface area contributed by atoms with Crippen LogP contribution in [0.3, 0.4) is 0 Å². The minimum absolute atomic E-state index is 0.265. The van der Waals surface area contributed by atoms with Crippen molar-refractivity contribution in [2.75, 3.05) is 11.9 Å². The van der Waals surface area contributed by atoms with Gasteiger partial charge in [-0.1, -0.05) is 25.1 Å². The molecule has 0 saturated carbocycles. The Balaban J connectivity index is 2.43. The van der Waals surface area contributed by atoms with Crippen LogP contribution < -0.4 is 11.1 Å². The van der Waals surface area contributed by atoms with E-state index in [1.807, 2.05) is 13.8 Å². The van der Waals surface area contributed by atoms with Crippen molar-refractivity contribution >= 4 is 11.5 Å². The summed E-state index contributed by atoms with van der Waals surface area (Å²) < 4.78 is 0. The van der Waals surface area contributed by atoms with Crippen molar-refractivity contribution in [2.24, 2.45) is 16.3 Å². The predicted octanol–water partition coefficient (Wildman–Crippen LogP) is 3.27. The lowest BCUT2D eigenvalue weighted by Crippen LogP contribution is -2.32. The maximum atomic E-state index is 8.71. The highest BCUT2D eigenvalue weighted by Crippen LogP contribution is 2.22. The van der Waals surface area contributed by atoms with E-state index in [0.717, 1.165) is 25.1 Å². The van der Waals surface area contributed by atoms with Gasteiger partial charge in [-0.3, -0.25) is 0 Å². The first kappa shape index (κ1) is 15.3. The number of oxime groups is 1. The van der Waals surface area contributed by atoms with E-state index >= 15 is 0 Å². The van der Waals surface area contributed by atoms with Gasteiger partial charge in [0.15, 0.2) is 0 Å². The van der Waals surface area contributed by atoms with Crippen molar-refractivity contribution in [1.82, 2.24) is 0 Å². The van der Waals surface area contributed by atoms with Crippen LogP contribution in [0.15, 0.2) is 23.4 Å². The normalized spacial score (nSPS) is 12.5. The van der Waals surface area contributed by atoms with Crippen LogP contribution in [0, 0.1) is 19.3 Å². The van der Waals surface area contributed by atoms with E-state index in [0.29, 0.717) is 5.84 Å². The van der Waals surface area contributed by atoms with Gasteiger partial charge in [-0.15, -0.1) is 0 Å². The zero-order chi connectivity index (χ0) is 14.5. The molecule has 0 aliphatic rings. The number of nitrogens with zero attached hydrogens (tertiary/aromatic N) is 1. The molecule has 1 aromatic rings. The van der Waals surface area contributed by atoms with Gasteiger partial charge in [0.2, 0.25) is 0 Å². The van der Waals surface area contributed by atoms with Crippen molar-refractivity contribution in [3.63, 3.8) is 0 Å². The van der Waals surface area contributed by atoms with Crippen LogP contribution >= 0.6 is 0 Å². The van der Waals surface area contributed by atoms with E-state index < -0.39 is 0 Å². The molecular weight excluding hydrogens is 238 g/mol. The van der Waals surface area contributed by atoms with Gasteiger partial charge in [-0.2, -0.15) is 0 Å². The molecule has 0 aliphatic heterocycles. The molecule has 0 heterocycles. The predicted molar refractivity (Wildman–Crippen MR) is 80.8 cm³/mol. The van der Waals surface area contributed by atoms with E-state index in [2.05, 4.69) is 42.5 Å². The molecule has 0 saturated heterocycles. The zero-order valence-corrected chi connectivity index (χ0v) is 12.3. The maximum Gasteiger partial charge on any atom is 0.144 e. The number of nitrogens with two attached hydrogens (primary N) is 1. The van der Waals surface area contributed by atoms with Crippen LogP contribution in [0.4, 0.5) is 5.69 Å². The lowest BCUT2D eigenvalue weighted by atomic mass is 9.86. The molecule has 0 amide bonds. The second-order valence-corrected chi connectivity index (χ2v) is 5.78. The van der Waals surface area contributed by atoms with Gasteiger partial charge >= 0.3 is 0 Å². The molecule has 4 nitrogen and oxygen atoms in total. The van der Waals surface area contributed by atoms with Crippen molar-refractivity contribution in [3.05, 3.63) is 29.3 Å². The summed E-state index contributed by atoms with van der Waals surface area (Å²) in [6.07, 6.45) is 1.84. The number of nitrogens with one attached hydrogen (secondary N) is 1. The molecule has 0 radical (unpaired) electrons. The monoisotopic (exact) mass is 263 g/mol. The minimum atomic E-state index is -0.265. The third kappa shape index (κ3) is 4.81. The zero-order valence-electron chi connectivity index (χ0n) is 12.3. The number of amidine groups is 1. The fourth-order valence-corrected chi connectivity index (χ4v) is 2.10. The van der Waals surface area contributed by atoms with Gasteiger partial charge in [0, 0.05) is 17.6 Å². The van der Waals surface area contributed by atoms with Crippen LogP contribution in [-0.2, 0) is 0 Å². The number of rotatable bonds is 6. The summed E-state index contributed by atoms with van der Waals surface area (Å²) >= 11 is 0. The van der Waals surface area contributed by atoms with Gasteiger partial charge in [-0.25, -0.2) is 0 Å². The Labute approximate surface area is 115 Å². The summed E-state index contributed by atoms with van der Waals surface area (Å²) in [6.45, 7) is 9.04. The summed E-state index contributed by atoms with van der Waals surface area (Å²) in [4.78, 5) is 0. The van der Waals surface area contributed by atoms with E-state index in [-0.39, 0.29) is 5.41 Å². The Bertz CT molecular complexity index is 432. The van der Waals surface area contributed by atoms with Crippen molar-refractivity contribution in [1.29, 1.82) is 0 Å². The third-order valence-corrected chi connectivity index (χ3v) is 3.33. The summed E-state index contributed by atoms with van der Waals surface area (Å²) in [5.74, 6) is 0.291. The lowest BCUT2D eigenvalue weighted by molar-refractivity contribution is 0.305. The summed E-state index contributed by atoms with van der Waals surface area (Å²) in [5, 5.41) is 15.2. The fourth-order valence-electron chi connectivity index (χ4n) is 2.10. The van der Waals surface area contributed by atoms with E-state index in [1.54, 1.807) is 0 Å². The topological polar surface area (TPSA) is 70.6 Å². The second kappa shape index (κ2) is 6.45. The second-order valence-electron chi connectivity index (χ2n) is 5.78. The Morgan fingerprint density at radius 2 is 1.84 bits per heavy atom. The Kier molecular flexibility index (Phi) is 5.21. The molecule has 4 N–H and O–H groups in total. The smallest absolute Gasteiger partial charge is 0.144 e. The molecule has 4 heteroatoms. The Hall–Kier alpha value is -1.71. The van der Waals surface area contributed by atoms with Crippen molar-refractivity contribution < 1.29 is 5.21 Å². The largest absolute Gasteiger partial charge is 0.409 e. The maximum absolute atomic E-state index is 8.71. The number of hydrogen-bond donors (Lipinski definition) is 3. The van der Waals surface area contributed by atoms with E-state index in [4.69, 9.17) is 10.9 Å². The van der Waals surface area contributed by atoms with Gasteiger partial charge in [0.25, 0.3) is 0 Å². The Morgan fingerprint density at radius 3 is 2.37 bits per heavy atom. The quantitative estimate of drug-likeness (QED) is 0.242. The molecule has 106 valence electrons. The highest BCUT2D eigenvalue weighted by molar-refractivity contribution is 5.85. The van der Waals surface area contributed by atoms with E-state index in [9.17, 15) is 0 Å². The average molecular weight is 263 g/mol. The lowest BCUT2D eigenvalue weighted by Gasteiger charge is -2.22. The average Bonchev–Trinajstić information content (AvgIpc) is 2.32. The van der Waals surface area contributed by atoms with Gasteiger partial charge < -0.3 is 16.3 Å². The molecule has 0 atom stereocenters. The van der Waals surface area contributed by atoms with E-state index in [1.165, 1.54) is 11.1 Å². The molecule has 0 unspecified atom stereocenters. The molecule has 0 fully saturated rings. The molecule has 0 spiro atoms. The van der Waals surface area contributed by atoms with Crippen LogP contribution in [0.5, 0.6) is 0 Å². The molecule has 0 aliphatic carbocycles. The summed E-state index contributed by atoms with van der Waals surface area (Å²) in [7, 11) is 0. The molecule has 1 rings (SSSR count). The molecule has 0 aromatic heterocycles. The summed E-state index contributed by atoms with van der Waals surface area (Å²) in [5.41, 5.74) is 9.08. The van der Waals surface area contributed by atoms with Crippen molar-refractivity contribution in [3.8, 4) is 0 Å². The first-order chi connectivity index (χ1) is 8.85. The molecule has 19 heavy (non-hydrogen) atoms. The number of anilines is 1. The van der Waals surface area contributed by atoms with Crippen molar-refractivity contribution in [2.45, 2.75) is 40.5 Å². The van der Waals surface area contributed by atoms with Crippen LogP contribution in [0.25, 0.3) is 0 Å². The number of benzene rings is 1. The van der Waals surface area contributed by atoms with Gasteiger partial charge in [0.05, 0.1) is 0 Å². The standard InChI is InChI=1S/C15H25N3O/c1-11-8-12(2)10-13(9-11)17-7-5-6-15(3,4)14(16)18-19/h8-10,17,19H,5-7H2,1-4H3,(H2,16,18). The first-order valence-corrected chi connectivity index (χ1v) is 6.65. The minimum Gasteiger partial charge on any atom is -0.409 e. The highest BCUT2D eigenvalue weighted by atomic mass is 16.4. The Morgan fingerprint density at radius 1 is 1.26 bits per heavy atom. The summed E-state index contributed by atoms with van der Waals surface area (Å²) in [6, 6.07) is 6.44. The van der Waals surface area contributed by atoms with Gasteiger partial charge in [0.1, 0.15) is 5.84 Å². The van der Waals surface area contributed by atoms with Gasteiger partial charge in [-0.05, 0) is 49.9 Å². The third-order valence-electron chi connectivity index (χ3n) is 3.33. The van der Waals surface area contributed by atoms with Crippen LogP contribution in [0.1, 0.15) is 37.8 Å².